The van der Waals surface area contributed by atoms with Crippen molar-refractivity contribution in [3.05, 3.63) is 75.2 Å². The van der Waals surface area contributed by atoms with Gasteiger partial charge < -0.3 is 27.0 Å². The van der Waals surface area contributed by atoms with Crippen molar-refractivity contribution < 1.29 is 31.1 Å². The fourth-order valence-electron chi connectivity index (χ4n) is 4.57. The number of ether oxygens (including phenoxy) is 1. The van der Waals surface area contributed by atoms with Crippen molar-refractivity contribution in [2.24, 2.45) is 0 Å². The summed E-state index contributed by atoms with van der Waals surface area (Å²) in [4.78, 5) is 12.9. The molecular weight excluding hydrogens is 592 g/mol. The Morgan fingerprint density at radius 1 is 0.923 bits per heavy atom. The highest BCUT2D eigenvalue weighted by atomic mass is 79.9. The van der Waals surface area contributed by atoms with Gasteiger partial charge in [-0.25, -0.2) is 0 Å². The zero-order chi connectivity index (χ0) is 27.0. The molecule has 3 rings (SSSR count). The summed E-state index contributed by atoms with van der Waals surface area (Å²) in [5, 5.41) is 6.77. The number of benzene rings is 2. The number of carbonyl (C=O) groups excluding carboxylic acids is 1. The molecule has 0 unspecified atom stereocenters. The predicted octanol–water partition coefficient (Wildman–Crippen LogP) is 6.38. The summed E-state index contributed by atoms with van der Waals surface area (Å²) in [6.07, 6.45) is 17.9. The zero-order valence-electron chi connectivity index (χ0n) is 23.5. The molecule has 39 heavy (non-hydrogen) atoms. The van der Waals surface area contributed by atoms with Crippen LogP contribution in [0.25, 0.3) is 0 Å². The lowest BCUT2D eigenvalue weighted by Crippen LogP contribution is -3.00. The quantitative estimate of drug-likeness (QED) is 0.130. The second-order valence-electron chi connectivity index (χ2n) is 10.1. The van der Waals surface area contributed by atoms with E-state index >= 15 is 0 Å². The molecule has 0 saturated heterocycles. The average molecular weight is 636 g/mol. The van der Waals surface area contributed by atoms with Gasteiger partial charge in [0.2, 0.25) is 5.01 Å². The van der Waals surface area contributed by atoms with Crippen LogP contribution in [0.3, 0.4) is 0 Å². The van der Waals surface area contributed by atoms with E-state index in [0.717, 1.165) is 18.5 Å². The Morgan fingerprint density at radius 3 is 2.21 bits per heavy atom. The number of thiazole rings is 1. The fraction of sp³-hybridized carbons (Fsp3) is 0.500. The smallest absolute Gasteiger partial charge is 0.255 e. The molecule has 0 fully saturated rings. The number of anilines is 1. The van der Waals surface area contributed by atoms with Crippen LogP contribution in [-0.4, -0.2) is 12.5 Å². The molecule has 1 aromatic heterocycles. The van der Waals surface area contributed by atoms with E-state index in [2.05, 4.69) is 35.3 Å². The van der Waals surface area contributed by atoms with Gasteiger partial charge in [0.15, 0.2) is 12.7 Å². The maximum Gasteiger partial charge on any atom is 0.255 e. The second kappa shape index (κ2) is 19.2. The molecule has 7 heteroatoms. The number of amides is 1. The number of aryl methyl sites for hydroxylation is 1. The van der Waals surface area contributed by atoms with Crippen LogP contribution in [0.15, 0.2) is 54.0 Å². The molecule has 0 spiro atoms. The minimum atomic E-state index is -0.153. The summed E-state index contributed by atoms with van der Waals surface area (Å²) in [6, 6.07) is 13.2. The third-order valence-electron chi connectivity index (χ3n) is 6.87. The minimum absolute atomic E-state index is 0. The van der Waals surface area contributed by atoms with E-state index in [1.54, 1.807) is 17.4 Å². The number of nitrogens with one attached hydrogen (secondary N) is 1. The summed E-state index contributed by atoms with van der Waals surface area (Å²) in [7, 11) is 0. The molecule has 4 nitrogen and oxygen atoms in total. The molecule has 2 aromatic carbocycles. The van der Waals surface area contributed by atoms with Crippen LogP contribution in [0.5, 0.6) is 5.75 Å². The van der Waals surface area contributed by atoms with Gasteiger partial charge >= 0.3 is 0 Å². The Labute approximate surface area is 254 Å². The van der Waals surface area contributed by atoms with Crippen LogP contribution in [0.1, 0.15) is 105 Å². The Balaban J connectivity index is 0.00000533. The van der Waals surface area contributed by atoms with Crippen LogP contribution in [0, 0.1) is 6.92 Å². The van der Waals surface area contributed by atoms with Gasteiger partial charge in [-0.2, -0.15) is 4.57 Å². The molecule has 0 aliphatic carbocycles. The first-order chi connectivity index (χ1) is 18.6. The lowest BCUT2D eigenvalue weighted by molar-refractivity contribution is -0.689. The standard InChI is InChI=1S/C32H43ClN2O2S.BrH/c1-3-4-5-6-7-8-9-10-11-12-13-14-21-37-31-19-18-29(24-30(31)33)34-32(36)28-17-15-16-27(23-28)25-35-20-22-38-26(35)2;/h15-20,22-24H,3-14,21,25H2,1-2H3;1H. The number of nitrogens with zero attached hydrogens (tertiary/aromatic N) is 1. The van der Waals surface area contributed by atoms with Crippen LogP contribution in [0.2, 0.25) is 5.02 Å². The molecule has 1 heterocycles. The van der Waals surface area contributed by atoms with Crippen molar-refractivity contribution in [3.63, 3.8) is 0 Å². The molecule has 0 atom stereocenters. The summed E-state index contributed by atoms with van der Waals surface area (Å²) in [5.74, 6) is 0.512. The van der Waals surface area contributed by atoms with Crippen LogP contribution >= 0.6 is 22.9 Å². The van der Waals surface area contributed by atoms with Gasteiger partial charge in [0.25, 0.3) is 5.91 Å². The molecule has 1 amide bonds. The molecule has 1 N–H and O–H groups in total. The van der Waals surface area contributed by atoms with Gasteiger partial charge in [-0.05, 0) is 36.8 Å². The molecule has 0 saturated carbocycles. The van der Waals surface area contributed by atoms with Crippen molar-refractivity contribution in [2.45, 2.75) is 97.4 Å². The third-order valence-corrected chi connectivity index (χ3v) is 8.00. The van der Waals surface area contributed by atoms with Gasteiger partial charge in [-0.15, -0.1) is 0 Å². The number of aromatic nitrogens is 1. The van der Waals surface area contributed by atoms with E-state index in [0.29, 0.717) is 28.6 Å². The molecule has 0 bridgehead atoms. The maximum atomic E-state index is 12.9. The molecular formula is C32H44BrClN2O2S. The normalized spacial score (nSPS) is 10.7. The first kappa shape index (κ1) is 33.3. The van der Waals surface area contributed by atoms with E-state index in [4.69, 9.17) is 16.3 Å². The highest BCUT2D eigenvalue weighted by Crippen LogP contribution is 2.28. The second-order valence-corrected chi connectivity index (χ2v) is 11.6. The zero-order valence-corrected chi connectivity index (χ0v) is 26.7. The average Bonchev–Trinajstić information content (AvgIpc) is 3.32. The van der Waals surface area contributed by atoms with E-state index in [1.807, 2.05) is 36.4 Å². The first-order valence-electron chi connectivity index (χ1n) is 14.3. The van der Waals surface area contributed by atoms with Gasteiger partial charge in [-0.3, -0.25) is 4.79 Å². The van der Waals surface area contributed by atoms with Gasteiger partial charge in [0.05, 0.1) is 17.0 Å². The van der Waals surface area contributed by atoms with E-state index in [-0.39, 0.29) is 22.9 Å². The van der Waals surface area contributed by atoms with Crippen LogP contribution in [0.4, 0.5) is 5.69 Å². The van der Waals surface area contributed by atoms with Crippen molar-refractivity contribution >= 4 is 34.5 Å². The number of unbranched alkanes of at least 4 members (excludes halogenated alkanes) is 11. The lowest BCUT2D eigenvalue weighted by atomic mass is 10.1. The van der Waals surface area contributed by atoms with Gasteiger partial charge in [0.1, 0.15) is 5.75 Å². The van der Waals surface area contributed by atoms with Gasteiger partial charge in [0, 0.05) is 23.7 Å². The maximum absolute atomic E-state index is 12.9. The summed E-state index contributed by atoms with van der Waals surface area (Å²) < 4.78 is 8.08. The number of rotatable bonds is 18. The Bertz CT molecular complexity index is 1120. The number of hydrogen-bond donors (Lipinski definition) is 1. The molecule has 214 valence electrons. The Morgan fingerprint density at radius 2 is 1.59 bits per heavy atom. The van der Waals surface area contributed by atoms with Crippen molar-refractivity contribution in [3.8, 4) is 5.75 Å². The largest absolute Gasteiger partial charge is 1.00 e. The van der Waals surface area contributed by atoms with Crippen LogP contribution in [-0.2, 0) is 6.54 Å². The van der Waals surface area contributed by atoms with Gasteiger partial charge in [-0.1, -0.05) is 113 Å². The molecule has 3 aromatic rings. The fourth-order valence-corrected chi connectivity index (χ4v) is 5.47. The predicted molar refractivity (Wildman–Crippen MR) is 161 cm³/mol. The Hall–Kier alpha value is -1.89. The Kier molecular flexibility index (Phi) is 16.4. The summed E-state index contributed by atoms with van der Waals surface area (Å²) in [5.41, 5.74) is 2.37. The lowest BCUT2D eigenvalue weighted by Gasteiger charge is -2.11. The van der Waals surface area contributed by atoms with Crippen molar-refractivity contribution in [1.29, 1.82) is 0 Å². The number of halogens is 2. The van der Waals surface area contributed by atoms with E-state index in [1.165, 1.54) is 75.6 Å². The minimum Gasteiger partial charge on any atom is -1.00 e. The number of carbonyl (C=O) groups is 1. The monoisotopic (exact) mass is 634 g/mol. The third kappa shape index (κ3) is 12.4. The highest BCUT2D eigenvalue weighted by molar-refractivity contribution is 7.09. The molecule has 0 aliphatic rings. The SMILES string of the molecule is CCCCCCCCCCCCCCOc1ccc(NC(=O)c2cccc(C[n+]3ccsc3C)c2)cc1Cl.[Br-]. The first-order valence-corrected chi connectivity index (χ1v) is 15.6. The summed E-state index contributed by atoms with van der Waals surface area (Å²) >= 11 is 8.16. The highest BCUT2D eigenvalue weighted by Gasteiger charge is 2.12. The van der Waals surface area contributed by atoms with Crippen molar-refractivity contribution in [2.75, 3.05) is 11.9 Å². The number of hydrogen-bond acceptors (Lipinski definition) is 3. The topological polar surface area (TPSA) is 42.2 Å². The molecule has 0 aliphatic heterocycles. The van der Waals surface area contributed by atoms with E-state index in [9.17, 15) is 4.79 Å². The molecule has 0 radical (unpaired) electrons. The van der Waals surface area contributed by atoms with Crippen molar-refractivity contribution in [1.82, 2.24) is 0 Å². The van der Waals surface area contributed by atoms with Crippen LogP contribution < -0.4 is 31.6 Å². The van der Waals surface area contributed by atoms with E-state index < -0.39 is 0 Å². The summed E-state index contributed by atoms with van der Waals surface area (Å²) in [6.45, 7) is 5.77.